The lowest BCUT2D eigenvalue weighted by Crippen LogP contribution is -2.18. The second-order valence-electron chi connectivity index (χ2n) is 12.7. The van der Waals surface area contributed by atoms with Crippen LogP contribution in [0.1, 0.15) is 200 Å². The highest BCUT2D eigenvalue weighted by Gasteiger charge is 2.14. The first kappa shape index (κ1) is 42.2. The lowest BCUT2D eigenvalue weighted by Gasteiger charge is -2.18. The van der Waals surface area contributed by atoms with Crippen LogP contribution in [0.4, 0.5) is 0 Å². The molecule has 0 aromatic carbocycles. The fourth-order valence-corrected chi connectivity index (χ4v) is 5.61. The Morgan fingerprint density at radius 3 is 1.48 bits per heavy atom. The zero-order valence-corrected chi connectivity index (χ0v) is 29.2. The summed E-state index contributed by atoms with van der Waals surface area (Å²) in [6, 6.07) is 0. The van der Waals surface area contributed by atoms with E-state index in [1.165, 1.54) is 83.5 Å². The zero-order valence-electron chi connectivity index (χ0n) is 29.2. The molecule has 1 N–H and O–H groups in total. The summed E-state index contributed by atoms with van der Waals surface area (Å²) in [4.78, 5) is 23.2. The van der Waals surface area contributed by atoms with Gasteiger partial charge in [0.1, 0.15) is 6.10 Å². The minimum Gasteiger partial charge on any atom is -0.481 e. The largest absolute Gasteiger partial charge is 0.481 e. The molecule has 4 heteroatoms. The highest BCUT2D eigenvalue weighted by molar-refractivity contribution is 5.69. The summed E-state index contributed by atoms with van der Waals surface area (Å²) in [6.07, 6.45) is 46.0. The van der Waals surface area contributed by atoms with Gasteiger partial charge in [-0.1, -0.05) is 153 Å². The van der Waals surface area contributed by atoms with Gasteiger partial charge in [-0.05, 0) is 70.6 Å². The molecule has 0 heterocycles. The third-order valence-electron chi connectivity index (χ3n) is 8.38. The minimum absolute atomic E-state index is 0.00357. The Morgan fingerprint density at radius 2 is 0.955 bits per heavy atom. The Labute approximate surface area is 273 Å². The van der Waals surface area contributed by atoms with Crippen LogP contribution >= 0.6 is 0 Å². The van der Waals surface area contributed by atoms with Crippen LogP contribution in [0, 0.1) is 0 Å². The van der Waals surface area contributed by atoms with E-state index in [1.807, 2.05) is 0 Å². The third kappa shape index (κ3) is 34.6. The molecule has 0 aliphatic carbocycles. The molecule has 0 aromatic heterocycles. The minimum atomic E-state index is -0.694. The second kappa shape index (κ2) is 35.6. The van der Waals surface area contributed by atoms with Crippen LogP contribution in [0.5, 0.6) is 0 Å². The average molecular weight is 617 g/mol. The molecule has 4 nitrogen and oxygen atoms in total. The molecule has 0 aliphatic heterocycles. The summed E-state index contributed by atoms with van der Waals surface area (Å²) in [7, 11) is 0. The summed E-state index contributed by atoms with van der Waals surface area (Å²) in [5.74, 6) is -0.691. The van der Waals surface area contributed by atoms with Gasteiger partial charge in [0.05, 0.1) is 0 Å². The summed E-state index contributed by atoms with van der Waals surface area (Å²) in [6.45, 7) is 4.42. The van der Waals surface area contributed by atoms with Gasteiger partial charge in [0.2, 0.25) is 0 Å². The molecule has 0 amide bonds. The van der Waals surface area contributed by atoms with Gasteiger partial charge < -0.3 is 9.84 Å². The summed E-state index contributed by atoms with van der Waals surface area (Å²) < 4.78 is 5.97. The Morgan fingerprint density at radius 1 is 0.523 bits per heavy atom. The van der Waals surface area contributed by atoms with Gasteiger partial charge in [0.25, 0.3) is 0 Å². The molecular formula is C40H72O4. The van der Waals surface area contributed by atoms with Gasteiger partial charge >= 0.3 is 11.9 Å². The predicted octanol–water partition coefficient (Wildman–Crippen LogP) is 13.0. The maximum absolute atomic E-state index is 12.6. The monoisotopic (exact) mass is 617 g/mol. The maximum atomic E-state index is 12.6. The standard InChI is InChI=1S/C40H72O4/c1-3-5-7-9-11-12-13-14-15-16-17-18-19-20-21-22-23-29-33-37-40(43)44-38(34-30-26-10-8-6-4-2)35-31-27-24-25-28-32-36-39(41)42/h5,7,11-12,14-15,38H,3-4,6,8-10,13,16-37H2,1-2H3,(H,41,42)/b7-5-,12-11-,15-14-. The summed E-state index contributed by atoms with van der Waals surface area (Å²) >= 11 is 0. The first-order valence-electron chi connectivity index (χ1n) is 19.0. The molecular weight excluding hydrogens is 544 g/mol. The van der Waals surface area contributed by atoms with Crippen molar-refractivity contribution in [1.29, 1.82) is 0 Å². The van der Waals surface area contributed by atoms with E-state index in [-0.39, 0.29) is 18.5 Å². The van der Waals surface area contributed by atoms with Gasteiger partial charge in [-0.15, -0.1) is 0 Å². The Bertz CT molecular complexity index is 708. The third-order valence-corrected chi connectivity index (χ3v) is 8.38. The van der Waals surface area contributed by atoms with E-state index in [0.717, 1.165) is 89.9 Å². The molecule has 44 heavy (non-hydrogen) atoms. The highest BCUT2D eigenvalue weighted by Crippen LogP contribution is 2.19. The molecule has 0 aliphatic rings. The number of ether oxygens (including phenoxy) is 1. The Kier molecular flexibility index (Phi) is 34.1. The predicted molar refractivity (Wildman–Crippen MR) is 190 cm³/mol. The topological polar surface area (TPSA) is 63.6 Å². The lowest BCUT2D eigenvalue weighted by molar-refractivity contribution is -0.150. The number of hydrogen-bond acceptors (Lipinski definition) is 3. The quantitative estimate of drug-likeness (QED) is 0.0444. The van der Waals surface area contributed by atoms with Crippen LogP contribution < -0.4 is 0 Å². The first-order valence-corrected chi connectivity index (χ1v) is 19.0. The molecule has 0 fully saturated rings. The number of aliphatic carboxylic acids is 1. The van der Waals surface area contributed by atoms with Gasteiger partial charge in [-0.2, -0.15) is 0 Å². The molecule has 0 bridgehead atoms. The number of carbonyl (C=O) groups is 2. The van der Waals surface area contributed by atoms with Crippen LogP contribution in [-0.4, -0.2) is 23.1 Å². The zero-order chi connectivity index (χ0) is 32.2. The first-order chi connectivity index (χ1) is 21.6. The molecule has 0 aromatic rings. The maximum Gasteiger partial charge on any atom is 0.306 e. The molecule has 1 unspecified atom stereocenters. The molecule has 256 valence electrons. The number of esters is 1. The normalized spacial score (nSPS) is 12.6. The Balaban J connectivity index is 3.86. The van der Waals surface area contributed by atoms with Crippen molar-refractivity contribution in [3.8, 4) is 0 Å². The average Bonchev–Trinajstić information content (AvgIpc) is 3.01. The molecule has 0 radical (unpaired) electrons. The lowest BCUT2D eigenvalue weighted by atomic mass is 10.0. The highest BCUT2D eigenvalue weighted by atomic mass is 16.5. The van der Waals surface area contributed by atoms with E-state index >= 15 is 0 Å². The van der Waals surface area contributed by atoms with Gasteiger partial charge in [-0.3, -0.25) is 9.59 Å². The van der Waals surface area contributed by atoms with Crippen molar-refractivity contribution in [2.45, 2.75) is 206 Å². The van der Waals surface area contributed by atoms with Gasteiger partial charge in [0, 0.05) is 12.8 Å². The number of carbonyl (C=O) groups excluding carboxylic acids is 1. The van der Waals surface area contributed by atoms with E-state index < -0.39 is 5.97 Å². The van der Waals surface area contributed by atoms with E-state index in [1.54, 1.807) is 0 Å². The number of carboxylic acids is 1. The van der Waals surface area contributed by atoms with E-state index in [4.69, 9.17) is 9.84 Å². The van der Waals surface area contributed by atoms with Crippen LogP contribution in [-0.2, 0) is 14.3 Å². The van der Waals surface area contributed by atoms with Crippen molar-refractivity contribution in [1.82, 2.24) is 0 Å². The van der Waals surface area contributed by atoms with Crippen molar-refractivity contribution >= 4 is 11.9 Å². The van der Waals surface area contributed by atoms with Crippen LogP contribution in [0.2, 0.25) is 0 Å². The smallest absolute Gasteiger partial charge is 0.306 e. The molecule has 0 spiro atoms. The van der Waals surface area contributed by atoms with Crippen molar-refractivity contribution in [2.24, 2.45) is 0 Å². The number of carboxylic acid groups (broad SMARTS) is 1. The van der Waals surface area contributed by atoms with Gasteiger partial charge in [-0.25, -0.2) is 0 Å². The SMILES string of the molecule is CC/C=C\C/C=C\C/C=C\CCCCCCCCCCCC(=O)OC(CCCCCCCC)CCCCCCCCC(=O)O. The van der Waals surface area contributed by atoms with Crippen molar-refractivity contribution < 1.29 is 19.4 Å². The van der Waals surface area contributed by atoms with Crippen molar-refractivity contribution in [3.05, 3.63) is 36.5 Å². The van der Waals surface area contributed by atoms with Crippen molar-refractivity contribution in [2.75, 3.05) is 0 Å². The number of rotatable bonds is 34. The van der Waals surface area contributed by atoms with Crippen LogP contribution in [0.25, 0.3) is 0 Å². The van der Waals surface area contributed by atoms with E-state index in [9.17, 15) is 9.59 Å². The second-order valence-corrected chi connectivity index (χ2v) is 12.7. The number of allylic oxidation sites excluding steroid dienone is 6. The fourth-order valence-electron chi connectivity index (χ4n) is 5.61. The van der Waals surface area contributed by atoms with E-state index in [0.29, 0.717) is 6.42 Å². The molecule has 0 saturated carbocycles. The number of unbranched alkanes of at least 4 members (excludes halogenated alkanes) is 19. The molecule has 1 atom stereocenters. The fraction of sp³-hybridized carbons (Fsp3) is 0.800. The molecule has 0 saturated heterocycles. The molecule has 0 rings (SSSR count). The van der Waals surface area contributed by atoms with Crippen LogP contribution in [0.3, 0.4) is 0 Å². The van der Waals surface area contributed by atoms with Crippen molar-refractivity contribution in [3.63, 3.8) is 0 Å². The van der Waals surface area contributed by atoms with E-state index in [2.05, 4.69) is 50.3 Å². The number of hydrogen-bond donors (Lipinski definition) is 1. The Hall–Kier alpha value is -1.84. The van der Waals surface area contributed by atoms with Gasteiger partial charge in [0.15, 0.2) is 0 Å². The summed E-state index contributed by atoms with van der Waals surface area (Å²) in [5, 5.41) is 8.76. The summed E-state index contributed by atoms with van der Waals surface area (Å²) in [5.41, 5.74) is 0. The van der Waals surface area contributed by atoms with Crippen LogP contribution in [0.15, 0.2) is 36.5 Å².